The van der Waals surface area contributed by atoms with Gasteiger partial charge in [-0.2, -0.15) is 0 Å². The molecule has 0 aromatic heterocycles. The minimum absolute atomic E-state index is 0.0158. The SMILES string of the molecule is CC(CCC(=O)O)NC(=O)C1CCCN1C(=O)c1ccc(Cl)c(Cl)c1. The van der Waals surface area contributed by atoms with E-state index in [-0.39, 0.29) is 29.3 Å². The molecule has 1 heterocycles. The van der Waals surface area contributed by atoms with Crippen molar-refractivity contribution >= 4 is 41.0 Å². The number of carboxylic acids is 1. The summed E-state index contributed by atoms with van der Waals surface area (Å²) in [6.07, 6.45) is 1.63. The number of hydrogen-bond donors (Lipinski definition) is 2. The second-order valence-electron chi connectivity index (χ2n) is 6.13. The van der Waals surface area contributed by atoms with Crippen LogP contribution in [0, 0.1) is 0 Å². The molecule has 0 aliphatic carbocycles. The molecule has 2 atom stereocenters. The van der Waals surface area contributed by atoms with E-state index in [1.807, 2.05) is 0 Å². The standard InChI is InChI=1S/C17H20Cl2N2O4/c1-10(4-7-15(22)23)20-16(24)14-3-2-8-21(14)17(25)11-5-6-12(18)13(19)9-11/h5-6,9-10,14H,2-4,7-8H2,1H3,(H,20,24)(H,22,23). The first-order valence-corrected chi connectivity index (χ1v) is 8.83. The maximum absolute atomic E-state index is 12.7. The van der Waals surface area contributed by atoms with Gasteiger partial charge in [-0.3, -0.25) is 14.4 Å². The van der Waals surface area contributed by atoms with Gasteiger partial charge in [0.15, 0.2) is 0 Å². The second kappa shape index (κ2) is 8.54. The number of hydrogen-bond acceptors (Lipinski definition) is 3. The summed E-state index contributed by atoms with van der Waals surface area (Å²) < 4.78 is 0. The van der Waals surface area contributed by atoms with Crippen LogP contribution in [-0.2, 0) is 9.59 Å². The number of aliphatic carboxylic acids is 1. The van der Waals surface area contributed by atoms with Gasteiger partial charge in [0, 0.05) is 24.6 Å². The number of nitrogens with one attached hydrogen (secondary N) is 1. The molecular weight excluding hydrogens is 367 g/mol. The summed E-state index contributed by atoms with van der Waals surface area (Å²) in [6.45, 7) is 2.24. The van der Waals surface area contributed by atoms with Gasteiger partial charge in [0.25, 0.3) is 5.91 Å². The minimum atomic E-state index is -0.904. The highest BCUT2D eigenvalue weighted by Crippen LogP contribution is 2.26. The van der Waals surface area contributed by atoms with Gasteiger partial charge in [-0.05, 0) is 44.4 Å². The van der Waals surface area contributed by atoms with Crippen LogP contribution in [0.3, 0.4) is 0 Å². The lowest BCUT2D eigenvalue weighted by Gasteiger charge is -2.25. The zero-order valence-electron chi connectivity index (χ0n) is 13.8. The summed E-state index contributed by atoms with van der Waals surface area (Å²) in [7, 11) is 0. The zero-order chi connectivity index (χ0) is 18.6. The highest BCUT2D eigenvalue weighted by molar-refractivity contribution is 6.42. The third-order valence-electron chi connectivity index (χ3n) is 4.16. The lowest BCUT2D eigenvalue weighted by Crippen LogP contribution is -2.48. The smallest absolute Gasteiger partial charge is 0.303 e. The van der Waals surface area contributed by atoms with Crippen LogP contribution in [0.4, 0.5) is 0 Å². The fourth-order valence-electron chi connectivity index (χ4n) is 2.83. The highest BCUT2D eigenvalue weighted by atomic mass is 35.5. The summed E-state index contributed by atoms with van der Waals surface area (Å²) in [6, 6.07) is 3.80. The Morgan fingerprint density at radius 2 is 2.04 bits per heavy atom. The molecule has 1 aromatic rings. The van der Waals surface area contributed by atoms with Gasteiger partial charge >= 0.3 is 5.97 Å². The van der Waals surface area contributed by atoms with E-state index in [0.29, 0.717) is 30.0 Å². The lowest BCUT2D eigenvalue weighted by atomic mass is 10.1. The van der Waals surface area contributed by atoms with Crippen LogP contribution in [0.25, 0.3) is 0 Å². The van der Waals surface area contributed by atoms with Gasteiger partial charge in [-0.15, -0.1) is 0 Å². The van der Waals surface area contributed by atoms with E-state index in [0.717, 1.165) is 6.42 Å². The number of benzene rings is 1. The van der Waals surface area contributed by atoms with Gasteiger partial charge in [0.2, 0.25) is 5.91 Å². The molecule has 6 nitrogen and oxygen atoms in total. The first-order chi connectivity index (χ1) is 11.8. The Labute approximate surface area is 156 Å². The molecule has 1 saturated heterocycles. The van der Waals surface area contributed by atoms with Crippen molar-refractivity contribution in [3.63, 3.8) is 0 Å². The molecule has 136 valence electrons. The van der Waals surface area contributed by atoms with Gasteiger partial charge in [0.05, 0.1) is 10.0 Å². The molecule has 1 aromatic carbocycles. The van der Waals surface area contributed by atoms with Crippen molar-refractivity contribution in [3.8, 4) is 0 Å². The minimum Gasteiger partial charge on any atom is -0.481 e. The van der Waals surface area contributed by atoms with E-state index in [4.69, 9.17) is 28.3 Å². The summed E-state index contributed by atoms with van der Waals surface area (Å²) in [5.74, 6) is -1.43. The Hall–Kier alpha value is -1.79. The normalized spacial score (nSPS) is 18.0. The number of carbonyl (C=O) groups is 3. The Morgan fingerprint density at radius 3 is 2.68 bits per heavy atom. The van der Waals surface area contributed by atoms with E-state index in [1.165, 1.54) is 11.0 Å². The topological polar surface area (TPSA) is 86.7 Å². The molecule has 2 unspecified atom stereocenters. The van der Waals surface area contributed by atoms with Crippen LogP contribution in [0.1, 0.15) is 43.0 Å². The van der Waals surface area contributed by atoms with Crippen LogP contribution in [-0.4, -0.2) is 46.4 Å². The monoisotopic (exact) mass is 386 g/mol. The highest BCUT2D eigenvalue weighted by Gasteiger charge is 2.35. The maximum atomic E-state index is 12.7. The van der Waals surface area contributed by atoms with Crippen molar-refractivity contribution in [1.82, 2.24) is 10.2 Å². The summed E-state index contributed by atoms with van der Waals surface area (Å²) in [4.78, 5) is 37.3. The zero-order valence-corrected chi connectivity index (χ0v) is 15.3. The van der Waals surface area contributed by atoms with Crippen molar-refractivity contribution < 1.29 is 19.5 Å². The molecule has 1 fully saturated rings. The van der Waals surface area contributed by atoms with Crippen molar-refractivity contribution in [2.24, 2.45) is 0 Å². The Kier molecular flexibility index (Phi) is 6.67. The van der Waals surface area contributed by atoms with Crippen molar-refractivity contribution in [2.45, 2.75) is 44.7 Å². The molecule has 0 spiro atoms. The second-order valence-corrected chi connectivity index (χ2v) is 6.94. The third kappa shape index (κ3) is 5.09. The number of amides is 2. The van der Waals surface area contributed by atoms with Crippen LogP contribution < -0.4 is 5.32 Å². The van der Waals surface area contributed by atoms with Crippen LogP contribution in [0.15, 0.2) is 18.2 Å². The van der Waals surface area contributed by atoms with Crippen LogP contribution in [0.2, 0.25) is 10.0 Å². The Bertz CT molecular complexity index is 681. The van der Waals surface area contributed by atoms with E-state index < -0.39 is 12.0 Å². The van der Waals surface area contributed by atoms with Crippen LogP contribution >= 0.6 is 23.2 Å². The molecule has 2 N–H and O–H groups in total. The average molecular weight is 387 g/mol. The third-order valence-corrected chi connectivity index (χ3v) is 4.90. The van der Waals surface area contributed by atoms with Gasteiger partial charge in [-0.25, -0.2) is 0 Å². The van der Waals surface area contributed by atoms with E-state index in [1.54, 1.807) is 19.1 Å². The fraction of sp³-hybridized carbons (Fsp3) is 0.471. The molecule has 25 heavy (non-hydrogen) atoms. The number of likely N-dealkylation sites (tertiary alicyclic amines) is 1. The fourth-order valence-corrected chi connectivity index (χ4v) is 3.13. The number of carboxylic acid groups (broad SMARTS) is 1. The van der Waals surface area contributed by atoms with Gasteiger partial charge < -0.3 is 15.3 Å². The van der Waals surface area contributed by atoms with Crippen molar-refractivity contribution in [2.75, 3.05) is 6.54 Å². The van der Waals surface area contributed by atoms with Gasteiger partial charge in [-0.1, -0.05) is 23.2 Å². The number of halogens is 2. The summed E-state index contributed by atoms with van der Waals surface area (Å²) >= 11 is 11.8. The molecule has 2 rings (SSSR count). The Balaban J connectivity index is 2.03. The lowest BCUT2D eigenvalue weighted by molar-refractivity contribution is -0.137. The van der Waals surface area contributed by atoms with Crippen molar-refractivity contribution in [3.05, 3.63) is 33.8 Å². The number of nitrogens with zero attached hydrogens (tertiary/aromatic N) is 1. The quantitative estimate of drug-likeness (QED) is 0.786. The van der Waals surface area contributed by atoms with E-state index >= 15 is 0 Å². The van der Waals surface area contributed by atoms with Crippen LogP contribution in [0.5, 0.6) is 0 Å². The molecule has 1 aliphatic rings. The van der Waals surface area contributed by atoms with E-state index in [2.05, 4.69) is 5.32 Å². The summed E-state index contributed by atoms with van der Waals surface area (Å²) in [5, 5.41) is 12.1. The molecular formula is C17H20Cl2N2O4. The number of carbonyl (C=O) groups excluding carboxylic acids is 2. The molecule has 0 bridgehead atoms. The molecule has 0 saturated carbocycles. The summed E-state index contributed by atoms with van der Waals surface area (Å²) in [5.41, 5.74) is 0.382. The average Bonchev–Trinajstić information content (AvgIpc) is 3.04. The molecule has 1 aliphatic heterocycles. The molecule has 8 heteroatoms. The van der Waals surface area contributed by atoms with E-state index in [9.17, 15) is 14.4 Å². The predicted octanol–water partition coefficient (Wildman–Crippen LogP) is 2.97. The first-order valence-electron chi connectivity index (χ1n) is 8.07. The van der Waals surface area contributed by atoms with Gasteiger partial charge in [0.1, 0.15) is 6.04 Å². The first kappa shape index (κ1) is 19.5. The number of rotatable bonds is 6. The molecule has 0 radical (unpaired) electrons. The largest absolute Gasteiger partial charge is 0.481 e. The predicted molar refractivity (Wildman–Crippen MR) is 95.0 cm³/mol. The Morgan fingerprint density at radius 1 is 1.32 bits per heavy atom. The molecule has 2 amide bonds. The van der Waals surface area contributed by atoms with Crippen molar-refractivity contribution in [1.29, 1.82) is 0 Å². The maximum Gasteiger partial charge on any atom is 0.303 e.